The Kier molecular flexibility index (Phi) is 8.42. The number of fused-ring (bicyclic) bond motifs is 1. The van der Waals surface area contributed by atoms with Crippen molar-refractivity contribution in [3.05, 3.63) is 35.5 Å². The summed E-state index contributed by atoms with van der Waals surface area (Å²) in [4.78, 5) is 0. The first kappa shape index (κ1) is 26.0. The average molecular weight is 465 g/mol. The quantitative estimate of drug-likeness (QED) is 0.408. The van der Waals surface area contributed by atoms with Crippen molar-refractivity contribution in [2.45, 2.75) is 108 Å². The lowest BCUT2D eigenvalue weighted by atomic mass is 9.63. The van der Waals surface area contributed by atoms with E-state index in [1.807, 2.05) is 25.6 Å². The van der Waals surface area contributed by atoms with Crippen LogP contribution in [0.15, 0.2) is 35.5 Å². The SMILES string of the molecule is C=C1C(=CC=C2CCC[C@]3(C)[C@@H]([C@H](C)SCCCC(C)(C)O)[C@H](O)C[C@@H]23)C[C@@H](O)C[C@@H]1O. The lowest BCUT2D eigenvalue weighted by molar-refractivity contribution is 0.0678. The average Bonchev–Trinajstić information content (AvgIpc) is 2.96. The van der Waals surface area contributed by atoms with Crippen molar-refractivity contribution in [3.8, 4) is 0 Å². The predicted octanol–water partition coefficient (Wildman–Crippen LogP) is 4.77. The maximum absolute atomic E-state index is 11.1. The number of thioether (sulfide) groups is 1. The second-order valence-electron chi connectivity index (χ2n) is 11.3. The Balaban J connectivity index is 1.71. The fourth-order valence-electron chi connectivity index (χ4n) is 6.48. The van der Waals surface area contributed by atoms with Gasteiger partial charge in [-0.05, 0) is 87.0 Å². The Bertz CT molecular complexity index is 736. The largest absolute Gasteiger partial charge is 0.393 e. The van der Waals surface area contributed by atoms with Crippen molar-refractivity contribution >= 4 is 11.8 Å². The predicted molar refractivity (Wildman–Crippen MR) is 134 cm³/mol. The van der Waals surface area contributed by atoms with E-state index >= 15 is 0 Å². The molecule has 32 heavy (non-hydrogen) atoms. The molecule has 5 heteroatoms. The van der Waals surface area contributed by atoms with Crippen LogP contribution in [0, 0.1) is 17.3 Å². The standard InChI is InChI=1S/C27H44O4S/c1-17-20(14-21(28)15-23(17)29)10-9-19-8-6-12-27(5)22(19)16-24(30)25(27)18(2)32-13-7-11-26(3,4)31/h9-10,18,21-25,28-31H,1,6-8,11-16H2,2-5H3/t18-,21+,22-,23-,24+,25-,27-/m0/s1. The minimum absolute atomic E-state index is 0.0905. The van der Waals surface area contributed by atoms with Gasteiger partial charge in [-0.1, -0.05) is 38.2 Å². The third-order valence-electron chi connectivity index (χ3n) is 8.16. The molecular weight excluding hydrogens is 420 g/mol. The first-order valence-corrected chi connectivity index (χ1v) is 13.4. The highest BCUT2D eigenvalue weighted by molar-refractivity contribution is 7.99. The molecule has 0 bridgehead atoms. The summed E-state index contributed by atoms with van der Waals surface area (Å²) in [6, 6.07) is 0. The third-order valence-corrected chi connectivity index (χ3v) is 9.50. The van der Waals surface area contributed by atoms with Gasteiger partial charge in [0.1, 0.15) is 0 Å². The second kappa shape index (κ2) is 10.4. The van der Waals surface area contributed by atoms with Gasteiger partial charge in [-0.15, -0.1) is 0 Å². The van der Waals surface area contributed by atoms with Gasteiger partial charge in [0.25, 0.3) is 0 Å². The lowest BCUT2D eigenvalue weighted by Gasteiger charge is -2.44. The smallest absolute Gasteiger partial charge is 0.0811 e. The highest BCUT2D eigenvalue weighted by atomic mass is 32.2. The molecule has 3 rings (SSSR count). The molecule has 0 unspecified atom stereocenters. The minimum Gasteiger partial charge on any atom is -0.393 e. The topological polar surface area (TPSA) is 80.9 Å². The summed E-state index contributed by atoms with van der Waals surface area (Å²) in [5.41, 5.74) is 2.55. The fourth-order valence-corrected chi connectivity index (χ4v) is 7.87. The second-order valence-corrected chi connectivity index (χ2v) is 12.8. The van der Waals surface area contributed by atoms with Crippen LogP contribution in [0.5, 0.6) is 0 Å². The van der Waals surface area contributed by atoms with Crippen LogP contribution >= 0.6 is 11.8 Å². The van der Waals surface area contributed by atoms with Gasteiger partial charge in [0, 0.05) is 17.6 Å². The highest BCUT2D eigenvalue weighted by Crippen LogP contribution is 2.59. The molecule has 4 nitrogen and oxygen atoms in total. The Hall–Kier alpha value is -0.590. The lowest BCUT2D eigenvalue weighted by Crippen LogP contribution is -2.39. The number of aliphatic hydroxyl groups is 4. The van der Waals surface area contributed by atoms with E-state index in [-0.39, 0.29) is 17.4 Å². The maximum Gasteiger partial charge on any atom is 0.0811 e. The summed E-state index contributed by atoms with van der Waals surface area (Å²) < 4.78 is 0. The van der Waals surface area contributed by atoms with Crippen LogP contribution in [-0.2, 0) is 0 Å². The Morgan fingerprint density at radius 3 is 2.62 bits per heavy atom. The molecule has 0 amide bonds. The van der Waals surface area contributed by atoms with Gasteiger partial charge in [0.15, 0.2) is 0 Å². The molecular formula is C27H44O4S. The van der Waals surface area contributed by atoms with Crippen molar-refractivity contribution in [2.75, 3.05) is 5.75 Å². The van der Waals surface area contributed by atoms with E-state index in [1.165, 1.54) is 5.57 Å². The molecule has 0 aliphatic heterocycles. The van der Waals surface area contributed by atoms with Gasteiger partial charge < -0.3 is 20.4 Å². The zero-order chi connectivity index (χ0) is 23.7. The molecule has 7 atom stereocenters. The van der Waals surface area contributed by atoms with Gasteiger partial charge in [-0.2, -0.15) is 11.8 Å². The molecule has 4 N–H and O–H groups in total. The van der Waals surface area contributed by atoms with Crippen LogP contribution in [0.25, 0.3) is 0 Å². The Morgan fingerprint density at radius 1 is 1.22 bits per heavy atom. The summed E-state index contributed by atoms with van der Waals surface area (Å²) in [5, 5.41) is 41.6. The molecule has 3 fully saturated rings. The molecule has 0 aromatic heterocycles. The van der Waals surface area contributed by atoms with Crippen molar-refractivity contribution in [2.24, 2.45) is 17.3 Å². The molecule has 0 radical (unpaired) electrons. The van der Waals surface area contributed by atoms with Gasteiger partial charge in [-0.3, -0.25) is 0 Å². The van der Waals surface area contributed by atoms with Crippen molar-refractivity contribution < 1.29 is 20.4 Å². The molecule has 3 saturated carbocycles. The fraction of sp³-hybridized carbons (Fsp3) is 0.778. The molecule has 0 spiro atoms. The number of hydrogen-bond acceptors (Lipinski definition) is 5. The molecule has 0 heterocycles. The van der Waals surface area contributed by atoms with Crippen LogP contribution < -0.4 is 0 Å². The van der Waals surface area contributed by atoms with E-state index in [0.717, 1.165) is 55.4 Å². The van der Waals surface area contributed by atoms with Gasteiger partial charge >= 0.3 is 0 Å². The monoisotopic (exact) mass is 464 g/mol. The van der Waals surface area contributed by atoms with E-state index in [0.29, 0.717) is 24.0 Å². The first-order valence-electron chi connectivity index (χ1n) is 12.4. The Labute approximate surface area is 198 Å². The third kappa shape index (κ3) is 5.90. The molecule has 0 aromatic rings. The van der Waals surface area contributed by atoms with Crippen molar-refractivity contribution in [3.63, 3.8) is 0 Å². The van der Waals surface area contributed by atoms with Crippen molar-refractivity contribution in [1.82, 2.24) is 0 Å². The summed E-state index contributed by atoms with van der Waals surface area (Å²) in [5.74, 6) is 1.65. The summed E-state index contributed by atoms with van der Waals surface area (Å²) in [6.45, 7) is 12.4. The molecule has 3 aliphatic rings. The Morgan fingerprint density at radius 2 is 1.94 bits per heavy atom. The zero-order valence-electron chi connectivity index (χ0n) is 20.4. The van der Waals surface area contributed by atoms with E-state index in [2.05, 4.69) is 32.6 Å². The van der Waals surface area contributed by atoms with Gasteiger partial charge in [0.05, 0.1) is 23.9 Å². The van der Waals surface area contributed by atoms with Gasteiger partial charge in [0.2, 0.25) is 0 Å². The van der Waals surface area contributed by atoms with E-state index in [9.17, 15) is 20.4 Å². The maximum atomic E-state index is 11.1. The molecule has 0 aromatic carbocycles. The number of rotatable bonds is 7. The summed E-state index contributed by atoms with van der Waals surface area (Å²) >= 11 is 1.94. The molecule has 3 aliphatic carbocycles. The zero-order valence-corrected chi connectivity index (χ0v) is 21.2. The van der Waals surface area contributed by atoms with Crippen molar-refractivity contribution in [1.29, 1.82) is 0 Å². The highest BCUT2D eigenvalue weighted by Gasteiger charge is 2.55. The van der Waals surface area contributed by atoms with Crippen LogP contribution in [0.2, 0.25) is 0 Å². The number of allylic oxidation sites excluding steroid dienone is 3. The normalized spacial score (nSPS) is 39.5. The summed E-state index contributed by atoms with van der Waals surface area (Å²) in [6.07, 6.45) is 9.65. The number of aliphatic hydroxyl groups excluding tert-OH is 3. The van der Waals surface area contributed by atoms with Crippen LogP contribution in [0.4, 0.5) is 0 Å². The van der Waals surface area contributed by atoms with Gasteiger partial charge in [-0.25, -0.2) is 0 Å². The van der Waals surface area contributed by atoms with Crippen LogP contribution in [-0.4, -0.2) is 55.3 Å². The van der Waals surface area contributed by atoms with Crippen LogP contribution in [0.1, 0.15) is 79.1 Å². The van der Waals surface area contributed by atoms with E-state index in [1.54, 1.807) is 0 Å². The van der Waals surface area contributed by atoms with Crippen LogP contribution in [0.3, 0.4) is 0 Å². The van der Waals surface area contributed by atoms with E-state index < -0.39 is 17.8 Å². The minimum atomic E-state index is -0.660. The summed E-state index contributed by atoms with van der Waals surface area (Å²) in [7, 11) is 0. The first-order chi connectivity index (χ1) is 14.9. The molecule has 182 valence electrons. The van der Waals surface area contributed by atoms with E-state index in [4.69, 9.17) is 0 Å². The molecule has 0 saturated heterocycles. The number of hydrogen-bond donors (Lipinski definition) is 4.